The van der Waals surface area contributed by atoms with Crippen molar-refractivity contribution in [1.29, 1.82) is 0 Å². The van der Waals surface area contributed by atoms with Crippen molar-refractivity contribution in [1.82, 2.24) is 4.90 Å². The standard InChI is InChI=1S/C23H47NO3S/c1-2-3-4-5-6-7-8-9-10-11-12-15-18-23(28(25,26)27)19-22-24-20-16-13-14-17-21-24/h23H,2-22H2,1H3,(H,25,26,27). The van der Waals surface area contributed by atoms with Crippen molar-refractivity contribution in [3.05, 3.63) is 0 Å². The third kappa shape index (κ3) is 13.9. The maximum atomic E-state index is 11.7. The fourth-order valence-corrected chi connectivity index (χ4v) is 5.21. The molecule has 1 fully saturated rings. The van der Waals surface area contributed by atoms with E-state index in [-0.39, 0.29) is 0 Å². The van der Waals surface area contributed by atoms with Crippen LogP contribution in [0.2, 0.25) is 0 Å². The Kier molecular flexibility index (Phi) is 15.4. The van der Waals surface area contributed by atoms with E-state index in [0.717, 1.165) is 32.5 Å². The van der Waals surface area contributed by atoms with Gasteiger partial charge in [-0.2, -0.15) is 8.42 Å². The van der Waals surface area contributed by atoms with E-state index in [0.29, 0.717) is 12.8 Å². The third-order valence-electron chi connectivity index (χ3n) is 6.27. The van der Waals surface area contributed by atoms with Crippen molar-refractivity contribution in [3.8, 4) is 0 Å². The second-order valence-electron chi connectivity index (χ2n) is 8.86. The molecular formula is C23H47NO3S. The van der Waals surface area contributed by atoms with E-state index in [9.17, 15) is 13.0 Å². The van der Waals surface area contributed by atoms with Crippen molar-refractivity contribution >= 4 is 10.1 Å². The van der Waals surface area contributed by atoms with E-state index in [1.54, 1.807) is 0 Å². The lowest BCUT2D eigenvalue weighted by Crippen LogP contribution is -2.31. The molecule has 0 spiro atoms. The molecule has 1 N–H and O–H groups in total. The molecule has 0 aromatic carbocycles. The summed E-state index contributed by atoms with van der Waals surface area (Å²) >= 11 is 0. The summed E-state index contributed by atoms with van der Waals surface area (Å²) in [6.45, 7) is 5.23. The predicted octanol–water partition coefficient (Wildman–Crippen LogP) is 6.60. The highest BCUT2D eigenvalue weighted by atomic mass is 32.2. The molecule has 5 heteroatoms. The van der Waals surface area contributed by atoms with E-state index < -0.39 is 15.4 Å². The molecule has 28 heavy (non-hydrogen) atoms. The van der Waals surface area contributed by atoms with Crippen LogP contribution in [0.15, 0.2) is 0 Å². The van der Waals surface area contributed by atoms with E-state index >= 15 is 0 Å². The Labute approximate surface area is 175 Å². The van der Waals surface area contributed by atoms with Crippen LogP contribution in [-0.2, 0) is 10.1 Å². The van der Waals surface area contributed by atoms with Crippen LogP contribution >= 0.6 is 0 Å². The van der Waals surface area contributed by atoms with Crippen molar-refractivity contribution in [2.75, 3.05) is 19.6 Å². The number of hydrogen-bond donors (Lipinski definition) is 1. The molecule has 168 valence electrons. The Bertz CT molecular complexity index is 445. The third-order valence-corrected chi connectivity index (χ3v) is 7.58. The minimum Gasteiger partial charge on any atom is -0.303 e. The van der Waals surface area contributed by atoms with Crippen molar-refractivity contribution in [2.24, 2.45) is 0 Å². The number of likely N-dealkylation sites (tertiary alicyclic amines) is 1. The van der Waals surface area contributed by atoms with Gasteiger partial charge in [0.1, 0.15) is 0 Å². The first-order valence-corrected chi connectivity index (χ1v) is 13.7. The summed E-state index contributed by atoms with van der Waals surface area (Å²) in [4.78, 5) is 2.38. The fourth-order valence-electron chi connectivity index (χ4n) is 4.34. The van der Waals surface area contributed by atoms with Crippen LogP contribution < -0.4 is 0 Å². The summed E-state index contributed by atoms with van der Waals surface area (Å²) in [7, 11) is -3.92. The first kappa shape index (κ1) is 25.9. The van der Waals surface area contributed by atoms with Gasteiger partial charge in [-0.3, -0.25) is 4.55 Å². The first-order chi connectivity index (χ1) is 13.5. The molecule has 0 aliphatic carbocycles. The van der Waals surface area contributed by atoms with Gasteiger partial charge in [0, 0.05) is 0 Å². The molecule has 4 nitrogen and oxygen atoms in total. The van der Waals surface area contributed by atoms with Gasteiger partial charge < -0.3 is 4.90 Å². The van der Waals surface area contributed by atoms with Crippen LogP contribution in [0.25, 0.3) is 0 Å². The maximum absolute atomic E-state index is 11.7. The maximum Gasteiger partial charge on any atom is 0.267 e. The molecule has 0 aromatic rings. The molecule has 0 aromatic heterocycles. The molecule has 1 unspecified atom stereocenters. The molecule has 1 atom stereocenters. The van der Waals surface area contributed by atoms with Crippen LogP contribution in [0.3, 0.4) is 0 Å². The summed E-state index contributed by atoms with van der Waals surface area (Å²) in [6.07, 6.45) is 21.6. The normalized spacial score (nSPS) is 17.5. The van der Waals surface area contributed by atoms with Crippen LogP contribution in [0.4, 0.5) is 0 Å². The SMILES string of the molecule is CCCCCCCCCCCCCCC(CCN1CCCCCC1)S(=O)(=O)O. The van der Waals surface area contributed by atoms with E-state index in [4.69, 9.17) is 0 Å². The molecular weight excluding hydrogens is 370 g/mol. The van der Waals surface area contributed by atoms with Crippen molar-refractivity contribution < 1.29 is 13.0 Å². The topological polar surface area (TPSA) is 57.6 Å². The van der Waals surface area contributed by atoms with Gasteiger partial charge in [-0.15, -0.1) is 0 Å². The molecule has 1 rings (SSSR count). The van der Waals surface area contributed by atoms with Crippen LogP contribution in [0, 0.1) is 0 Å². The molecule has 1 heterocycles. The molecule has 1 saturated heterocycles. The molecule has 0 radical (unpaired) electrons. The summed E-state index contributed by atoms with van der Waals surface area (Å²) in [5.41, 5.74) is 0. The van der Waals surface area contributed by atoms with Gasteiger partial charge in [0.2, 0.25) is 0 Å². The average Bonchev–Trinajstić information content (AvgIpc) is 2.92. The van der Waals surface area contributed by atoms with E-state index in [2.05, 4.69) is 11.8 Å². The van der Waals surface area contributed by atoms with Gasteiger partial charge >= 0.3 is 0 Å². The van der Waals surface area contributed by atoms with Gasteiger partial charge in [-0.05, 0) is 45.3 Å². The molecule has 0 amide bonds. The zero-order valence-electron chi connectivity index (χ0n) is 18.5. The lowest BCUT2D eigenvalue weighted by Gasteiger charge is -2.22. The van der Waals surface area contributed by atoms with Crippen LogP contribution in [0.5, 0.6) is 0 Å². The summed E-state index contributed by atoms with van der Waals surface area (Å²) in [5.74, 6) is 0. The number of rotatable bonds is 17. The zero-order valence-corrected chi connectivity index (χ0v) is 19.4. The predicted molar refractivity (Wildman–Crippen MR) is 121 cm³/mol. The van der Waals surface area contributed by atoms with Gasteiger partial charge in [-0.25, -0.2) is 0 Å². The second kappa shape index (κ2) is 16.6. The van der Waals surface area contributed by atoms with Gasteiger partial charge in [0.15, 0.2) is 0 Å². The molecule has 0 saturated carbocycles. The Morgan fingerprint density at radius 1 is 0.714 bits per heavy atom. The quantitative estimate of drug-likeness (QED) is 0.214. The number of hydrogen-bond acceptors (Lipinski definition) is 3. The molecule has 1 aliphatic heterocycles. The fraction of sp³-hybridized carbons (Fsp3) is 1.00. The molecule has 0 bridgehead atoms. The minimum absolute atomic E-state index is 0.570. The lowest BCUT2D eigenvalue weighted by molar-refractivity contribution is 0.276. The highest BCUT2D eigenvalue weighted by Gasteiger charge is 2.23. The summed E-state index contributed by atoms with van der Waals surface area (Å²) < 4.78 is 33.1. The summed E-state index contributed by atoms with van der Waals surface area (Å²) in [5, 5.41) is -0.570. The first-order valence-electron chi connectivity index (χ1n) is 12.2. The van der Waals surface area contributed by atoms with Gasteiger partial charge in [0.25, 0.3) is 10.1 Å². The smallest absolute Gasteiger partial charge is 0.267 e. The molecule has 1 aliphatic rings. The highest BCUT2D eigenvalue weighted by molar-refractivity contribution is 7.86. The number of nitrogens with zero attached hydrogens (tertiary/aromatic N) is 1. The van der Waals surface area contributed by atoms with Gasteiger partial charge in [0.05, 0.1) is 5.25 Å². The number of unbranched alkanes of at least 4 members (excludes halogenated alkanes) is 11. The Morgan fingerprint density at radius 2 is 1.18 bits per heavy atom. The van der Waals surface area contributed by atoms with E-state index in [1.165, 1.54) is 89.9 Å². The Morgan fingerprint density at radius 3 is 1.64 bits per heavy atom. The monoisotopic (exact) mass is 417 g/mol. The van der Waals surface area contributed by atoms with Crippen LogP contribution in [0.1, 0.15) is 122 Å². The second-order valence-corrected chi connectivity index (χ2v) is 10.6. The minimum atomic E-state index is -3.92. The summed E-state index contributed by atoms with van der Waals surface area (Å²) in [6, 6.07) is 0. The van der Waals surface area contributed by atoms with E-state index in [1.807, 2.05) is 0 Å². The average molecular weight is 418 g/mol. The highest BCUT2D eigenvalue weighted by Crippen LogP contribution is 2.18. The largest absolute Gasteiger partial charge is 0.303 e. The Balaban J connectivity index is 2.06. The van der Waals surface area contributed by atoms with Crippen LogP contribution in [-0.4, -0.2) is 42.8 Å². The van der Waals surface area contributed by atoms with Gasteiger partial charge in [-0.1, -0.05) is 96.8 Å². The Hall–Kier alpha value is -0.130. The van der Waals surface area contributed by atoms with Crippen molar-refractivity contribution in [2.45, 2.75) is 128 Å². The zero-order chi connectivity index (χ0) is 20.5. The van der Waals surface area contributed by atoms with Crippen molar-refractivity contribution in [3.63, 3.8) is 0 Å². The lowest BCUT2D eigenvalue weighted by atomic mass is 10.0.